The second-order valence-electron chi connectivity index (χ2n) is 5.85. The predicted octanol–water partition coefficient (Wildman–Crippen LogP) is 1.92. The molecule has 7 heteroatoms. The minimum absolute atomic E-state index is 0. The number of benzene rings is 2. The number of primary amides is 1. The van der Waals surface area contributed by atoms with Crippen molar-refractivity contribution < 1.29 is 14.3 Å². The Morgan fingerprint density at radius 1 is 1.12 bits per heavy atom. The molecular formula is C19H24ClN3O3. The summed E-state index contributed by atoms with van der Waals surface area (Å²) in [5.74, 6) is -0.501. The molecule has 6 nitrogen and oxygen atoms in total. The number of rotatable bonds is 8. The minimum Gasteiger partial charge on any atom is -0.484 e. The lowest BCUT2D eigenvalue weighted by atomic mass is 9.94. The van der Waals surface area contributed by atoms with Crippen molar-refractivity contribution in [2.75, 3.05) is 6.61 Å². The molecule has 2 aromatic rings. The van der Waals surface area contributed by atoms with E-state index < -0.39 is 5.91 Å². The van der Waals surface area contributed by atoms with Crippen LogP contribution in [0.4, 0.5) is 0 Å². The molecule has 0 fully saturated rings. The number of nitrogens with two attached hydrogens (primary N) is 2. The first-order valence-corrected chi connectivity index (χ1v) is 8.05. The molecule has 0 aromatic heterocycles. The summed E-state index contributed by atoms with van der Waals surface area (Å²) in [6.07, 6.45) is 0. The van der Waals surface area contributed by atoms with Crippen molar-refractivity contribution >= 4 is 24.2 Å². The molecule has 0 saturated heterocycles. The normalized spacial score (nSPS) is 12.4. The number of hydrogen-bond acceptors (Lipinski definition) is 4. The quantitative estimate of drug-likeness (QED) is 0.653. The van der Waals surface area contributed by atoms with Crippen molar-refractivity contribution in [3.8, 4) is 5.75 Å². The molecule has 2 amide bonds. The summed E-state index contributed by atoms with van der Waals surface area (Å²) in [7, 11) is 0. The lowest BCUT2D eigenvalue weighted by Crippen LogP contribution is -2.35. The lowest BCUT2D eigenvalue weighted by molar-refractivity contribution is -0.125. The van der Waals surface area contributed by atoms with Crippen LogP contribution in [0.2, 0.25) is 0 Å². The average molecular weight is 378 g/mol. The molecule has 0 aliphatic rings. The van der Waals surface area contributed by atoms with E-state index in [9.17, 15) is 9.59 Å². The Morgan fingerprint density at radius 2 is 1.81 bits per heavy atom. The van der Waals surface area contributed by atoms with Crippen molar-refractivity contribution in [2.24, 2.45) is 17.4 Å². The van der Waals surface area contributed by atoms with Crippen molar-refractivity contribution in [1.82, 2.24) is 5.32 Å². The summed E-state index contributed by atoms with van der Waals surface area (Å²) in [5, 5.41) is 2.88. The summed E-state index contributed by atoms with van der Waals surface area (Å²) in [4.78, 5) is 23.1. The molecule has 0 aliphatic carbocycles. The van der Waals surface area contributed by atoms with Crippen LogP contribution in [0.1, 0.15) is 24.1 Å². The van der Waals surface area contributed by atoms with Gasteiger partial charge in [0.1, 0.15) is 5.75 Å². The van der Waals surface area contributed by atoms with E-state index in [1.165, 1.54) is 0 Å². The second kappa shape index (κ2) is 10.4. The lowest BCUT2D eigenvalue weighted by Gasteiger charge is -2.20. The third-order valence-electron chi connectivity index (χ3n) is 3.88. The van der Waals surface area contributed by atoms with Gasteiger partial charge in [-0.05, 0) is 23.3 Å². The number of nitrogens with one attached hydrogen (secondary N) is 1. The Morgan fingerprint density at radius 3 is 2.46 bits per heavy atom. The van der Waals surface area contributed by atoms with Gasteiger partial charge in [-0.3, -0.25) is 9.59 Å². The van der Waals surface area contributed by atoms with Crippen molar-refractivity contribution in [2.45, 2.75) is 19.5 Å². The smallest absolute Gasteiger partial charge is 0.255 e. The highest BCUT2D eigenvalue weighted by atomic mass is 35.5. The van der Waals surface area contributed by atoms with E-state index in [-0.39, 0.29) is 36.9 Å². The number of ether oxygens (including phenoxy) is 1. The summed E-state index contributed by atoms with van der Waals surface area (Å²) < 4.78 is 5.25. The van der Waals surface area contributed by atoms with Crippen LogP contribution in [0.3, 0.4) is 0 Å². The van der Waals surface area contributed by atoms with Gasteiger partial charge in [-0.15, -0.1) is 12.4 Å². The van der Waals surface area contributed by atoms with Crippen LogP contribution >= 0.6 is 12.4 Å². The van der Waals surface area contributed by atoms with E-state index in [1.807, 2.05) is 36.4 Å². The highest BCUT2D eigenvalue weighted by Gasteiger charge is 2.21. The van der Waals surface area contributed by atoms with Crippen LogP contribution in [0, 0.1) is 5.92 Å². The number of carbonyl (C=O) groups excluding carboxylic acids is 2. The Bertz CT molecular complexity index is 725. The molecule has 0 heterocycles. The molecule has 2 aromatic carbocycles. The minimum atomic E-state index is -0.539. The van der Waals surface area contributed by atoms with Crippen molar-refractivity contribution in [1.29, 1.82) is 0 Å². The topological polar surface area (TPSA) is 107 Å². The van der Waals surface area contributed by atoms with Crippen LogP contribution in [-0.4, -0.2) is 18.4 Å². The molecule has 0 aliphatic heterocycles. The number of amides is 2. The van der Waals surface area contributed by atoms with Gasteiger partial charge in [-0.25, -0.2) is 0 Å². The summed E-state index contributed by atoms with van der Waals surface area (Å²) in [5.41, 5.74) is 13.0. The number of halogens is 1. The van der Waals surface area contributed by atoms with Crippen LogP contribution in [-0.2, 0) is 16.1 Å². The van der Waals surface area contributed by atoms with Crippen LogP contribution in [0.15, 0.2) is 54.6 Å². The molecule has 2 rings (SSSR count). The fourth-order valence-electron chi connectivity index (χ4n) is 2.38. The average Bonchev–Trinajstić information content (AvgIpc) is 2.64. The third kappa shape index (κ3) is 6.38. The number of carbonyl (C=O) groups is 2. The highest BCUT2D eigenvalue weighted by molar-refractivity contribution is 5.85. The Labute approximate surface area is 159 Å². The van der Waals surface area contributed by atoms with Gasteiger partial charge in [0.05, 0.1) is 5.92 Å². The van der Waals surface area contributed by atoms with Crippen LogP contribution in [0.25, 0.3) is 0 Å². The largest absolute Gasteiger partial charge is 0.484 e. The Kier molecular flexibility index (Phi) is 8.61. The molecule has 2 unspecified atom stereocenters. The maximum Gasteiger partial charge on any atom is 0.255 e. The van der Waals surface area contributed by atoms with Crippen LogP contribution in [0.5, 0.6) is 5.75 Å². The zero-order chi connectivity index (χ0) is 18.2. The van der Waals surface area contributed by atoms with Gasteiger partial charge < -0.3 is 21.5 Å². The Balaban J connectivity index is 0.00000338. The van der Waals surface area contributed by atoms with Gasteiger partial charge >= 0.3 is 0 Å². The summed E-state index contributed by atoms with van der Waals surface area (Å²) in [6, 6.07) is 16.3. The molecule has 0 spiro atoms. The van der Waals surface area contributed by atoms with Crippen molar-refractivity contribution in [3.63, 3.8) is 0 Å². The van der Waals surface area contributed by atoms with E-state index in [0.29, 0.717) is 12.3 Å². The fourth-order valence-corrected chi connectivity index (χ4v) is 2.38. The van der Waals surface area contributed by atoms with E-state index in [2.05, 4.69) is 5.32 Å². The summed E-state index contributed by atoms with van der Waals surface area (Å²) >= 11 is 0. The van der Waals surface area contributed by atoms with Gasteiger partial charge in [-0.1, -0.05) is 49.4 Å². The van der Waals surface area contributed by atoms with E-state index in [0.717, 1.165) is 11.1 Å². The summed E-state index contributed by atoms with van der Waals surface area (Å²) in [6.45, 7) is 1.97. The first kappa shape index (κ1) is 21.5. The highest BCUT2D eigenvalue weighted by Crippen LogP contribution is 2.19. The zero-order valence-electron chi connectivity index (χ0n) is 14.6. The molecule has 140 valence electrons. The maximum atomic E-state index is 12.3. The molecule has 0 bridgehead atoms. The standard InChI is InChI=1S/C19H23N3O3.ClH/c1-13(18(21)15-7-3-2-4-8-15)19(24)22-11-14-6-5-9-16(10-14)25-12-17(20)23;/h2-10,13,18H,11-12,21H2,1H3,(H2,20,23)(H,22,24);1H. The zero-order valence-corrected chi connectivity index (χ0v) is 15.4. The van der Waals surface area contributed by atoms with Gasteiger partial charge in [0.2, 0.25) is 5.91 Å². The molecule has 0 radical (unpaired) electrons. The molecule has 5 N–H and O–H groups in total. The first-order valence-electron chi connectivity index (χ1n) is 8.05. The van der Waals surface area contributed by atoms with Gasteiger partial charge in [0.25, 0.3) is 5.91 Å². The number of hydrogen-bond donors (Lipinski definition) is 3. The second-order valence-corrected chi connectivity index (χ2v) is 5.85. The molecule has 0 saturated carbocycles. The fraction of sp³-hybridized carbons (Fsp3) is 0.263. The van der Waals surface area contributed by atoms with Crippen LogP contribution < -0.4 is 21.5 Å². The molecular weight excluding hydrogens is 354 g/mol. The first-order chi connectivity index (χ1) is 12.0. The van der Waals surface area contributed by atoms with Gasteiger partial charge in [-0.2, -0.15) is 0 Å². The monoisotopic (exact) mass is 377 g/mol. The predicted molar refractivity (Wildman–Crippen MR) is 103 cm³/mol. The van der Waals surface area contributed by atoms with E-state index in [4.69, 9.17) is 16.2 Å². The van der Waals surface area contributed by atoms with Crippen molar-refractivity contribution in [3.05, 3.63) is 65.7 Å². The SMILES string of the molecule is CC(C(=O)NCc1cccc(OCC(N)=O)c1)C(N)c1ccccc1.Cl. The van der Waals surface area contributed by atoms with Gasteiger partial charge in [0.15, 0.2) is 6.61 Å². The molecule has 26 heavy (non-hydrogen) atoms. The third-order valence-corrected chi connectivity index (χ3v) is 3.88. The Hall–Kier alpha value is -2.57. The van der Waals surface area contributed by atoms with E-state index in [1.54, 1.807) is 25.1 Å². The maximum absolute atomic E-state index is 12.3. The molecule has 2 atom stereocenters. The van der Waals surface area contributed by atoms with Gasteiger partial charge in [0, 0.05) is 12.6 Å². The van der Waals surface area contributed by atoms with E-state index >= 15 is 0 Å².